The van der Waals surface area contributed by atoms with Crippen LogP contribution in [0.1, 0.15) is 18.4 Å². The number of hydrogen-bond acceptors (Lipinski definition) is 4. The number of para-hydroxylation sites is 1. The van der Waals surface area contributed by atoms with E-state index in [1.807, 2.05) is 24.3 Å². The summed E-state index contributed by atoms with van der Waals surface area (Å²) in [6.07, 6.45) is 0.999. The van der Waals surface area contributed by atoms with Crippen LogP contribution >= 0.6 is 0 Å². The van der Waals surface area contributed by atoms with E-state index >= 15 is 0 Å². The molecule has 2 rings (SSSR count). The van der Waals surface area contributed by atoms with Gasteiger partial charge in [-0.05, 0) is 18.9 Å². The van der Waals surface area contributed by atoms with Crippen LogP contribution in [0, 0.1) is 5.92 Å². The number of rotatable bonds is 7. The number of likely N-dealkylation sites (tertiary alicyclic amines) is 1. The molecule has 1 aliphatic heterocycles. The van der Waals surface area contributed by atoms with Gasteiger partial charge in [0.2, 0.25) is 0 Å². The highest BCUT2D eigenvalue weighted by atomic mass is 16.5. The van der Waals surface area contributed by atoms with E-state index in [1.165, 1.54) is 0 Å². The van der Waals surface area contributed by atoms with Crippen LogP contribution in [0.3, 0.4) is 0 Å². The van der Waals surface area contributed by atoms with Gasteiger partial charge in [-0.2, -0.15) is 0 Å². The van der Waals surface area contributed by atoms with Gasteiger partial charge >= 0.3 is 12.0 Å². The molecule has 1 aliphatic rings. The van der Waals surface area contributed by atoms with Crippen molar-refractivity contribution in [1.29, 1.82) is 0 Å². The van der Waals surface area contributed by atoms with Crippen LogP contribution < -0.4 is 10.1 Å². The maximum atomic E-state index is 12.2. The molecule has 0 aliphatic carbocycles. The molecule has 7 heteroatoms. The third-order valence-electron chi connectivity index (χ3n) is 4.08. The maximum absolute atomic E-state index is 12.2. The predicted molar refractivity (Wildman–Crippen MR) is 88.0 cm³/mol. The zero-order valence-corrected chi connectivity index (χ0v) is 13.9. The molecule has 1 saturated heterocycles. The lowest BCUT2D eigenvalue weighted by Gasteiger charge is -2.30. The van der Waals surface area contributed by atoms with Crippen LogP contribution in [0.25, 0.3) is 0 Å². The lowest BCUT2D eigenvalue weighted by Crippen LogP contribution is -2.45. The number of benzene rings is 1. The molecule has 2 amide bonds. The van der Waals surface area contributed by atoms with E-state index in [4.69, 9.17) is 14.6 Å². The second-order valence-corrected chi connectivity index (χ2v) is 5.71. The summed E-state index contributed by atoms with van der Waals surface area (Å²) in [7, 11) is 1.61. The van der Waals surface area contributed by atoms with Gasteiger partial charge in [-0.15, -0.1) is 0 Å². The van der Waals surface area contributed by atoms with Gasteiger partial charge in [0.25, 0.3) is 0 Å². The summed E-state index contributed by atoms with van der Waals surface area (Å²) in [4.78, 5) is 24.8. The van der Waals surface area contributed by atoms with Crippen LogP contribution in [0.2, 0.25) is 0 Å². The number of methoxy groups -OCH3 is 1. The molecule has 2 N–H and O–H groups in total. The second kappa shape index (κ2) is 9.12. The minimum Gasteiger partial charge on any atom is -0.491 e. The van der Waals surface area contributed by atoms with Gasteiger partial charge in [0.1, 0.15) is 12.4 Å². The van der Waals surface area contributed by atoms with E-state index in [0.29, 0.717) is 45.7 Å². The Kier molecular flexibility index (Phi) is 6.87. The number of carboxylic acid groups (broad SMARTS) is 1. The van der Waals surface area contributed by atoms with E-state index in [9.17, 15) is 9.59 Å². The average Bonchev–Trinajstić information content (AvgIpc) is 2.61. The van der Waals surface area contributed by atoms with Crippen molar-refractivity contribution in [2.45, 2.75) is 19.4 Å². The molecule has 0 atom stereocenters. The molecule has 0 saturated carbocycles. The van der Waals surface area contributed by atoms with E-state index < -0.39 is 5.97 Å². The van der Waals surface area contributed by atoms with Crippen LogP contribution in [-0.2, 0) is 16.1 Å². The van der Waals surface area contributed by atoms with E-state index in [1.54, 1.807) is 12.0 Å². The molecule has 0 unspecified atom stereocenters. The Labute approximate surface area is 141 Å². The fraction of sp³-hybridized carbons (Fsp3) is 0.529. The highest BCUT2D eigenvalue weighted by molar-refractivity contribution is 5.75. The summed E-state index contributed by atoms with van der Waals surface area (Å²) in [5.41, 5.74) is 0.891. The van der Waals surface area contributed by atoms with Crippen LogP contribution in [-0.4, -0.2) is 55.4 Å². The number of nitrogens with zero attached hydrogens (tertiary/aromatic N) is 1. The lowest BCUT2D eigenvalue weighted by atomic mass is 9.97. The van der Waals surface area contributed by atoms with Gasteiger partial charge in [-0.3, -0.25) is 4.79 Å². The molecule has 1 heterocycles. The molecule has 132 valence electrons. The third-order valence-corrected chi connectivity index (χ3v) is 4.08. The normalized spacial score (nSPS) is 15.1. The zero-order valence-electron chi connectivity index (χ0n) is 13.9. The minimum atomic E-state index is -0.780. The number of piperidine rings is 1. The van der Waals surface area contributed by atoms with Crippen molar-refractivity contribution in [2.24, 2.45) is 5.92 Å². The topological polar surface area (TPSA) is 88.1 Å². The van der Waals surface area contributed by atoms with E-state index in [-0.39, 0.29) is 11.9 Å². The average molecular weight is 336 g/mol. The lowest BCUT2D eigenvalue weighted by molar-refractivity contribution is -0.143. The molecule has 0 radical (unpaired) electrons. The second-order valence-electron chi connectivity index (χ2n) is 5.71. The maximum Gasteiger partial charge on any atom is 0.317 e. The van der Waals surface area contributed by atoms with Crippen molar-refractivity contribution in [1.82, 2.24) is 10.2 Å². The highest BCUT2D eigenvalue weighted by Crippen LogP contribution is 2.19. The van der Waals surface area contributed by atoms with Crippen molar-refractivity contribution < 1.29 is 24.2 Å². The van der Waals surface area contributed by atoms with Gasteiger partial charge in [-0.25, -0.2) is 4.79 Å². The molecule has 24 heavy (non-hydrogen) atoms. The standard InChI is InChI=1S/C17H24N2O5/c1-23-10-11-24-15-5-3-2-4-14(15)12-18-17(22)19-8-6-13(7-9-19)16(20)21/h2-5,13H,6-12H2,1H3,(H,18,22)(H,20,21). The molecule has 1 aromatic carbocycles. The fourth-order valence-corrected chi connectivity index (χ4v) is 2.64. The fourth-order valence-electron chi connectivity index (χ4n) is 2.64. The molecular formula is C17H24N2O5. The number of aliphatic carboxylic acids is 1. The quantitative estimate of drug-likeness (QED) is 0.740. The first-order chi connectivity index (χ1) is 11.6. The summed E-state index contributed by atoms with van der Waals surface area (Å²) in [5.74, 6) is -0.402. The van der Waals surface area contributed by atoms with E-state index in [2.05, 4.69) is 5.32 Å². The van der Waals surface area contributed by atoms with Crippen molar-refractivity contribution in [2.75, 3.05) is 33.4 Å². The number of ether oxygens (including phenoxy) is 2. The third kappa shape index (κ3) is 5.13. The summed E-state index contributed by atoms with van der Waals surface area (Å²) in [6.45, 7) is 2.24. The van der Waals surface area contributed by atoms with Crippen molar-refractivity contribution in [3.8, 4) is 5.75 Å². The first kappa shape index (κ1) is 18.1. The zero-order chi connectivity index (χ0) is 17.4. The smallest absolute Gasteiger partial charge is 0.317 e. The van der Waals surface area contributed by atoms with Gasteiger partial charge in [-0.1, -0.05) is 18.2 Å². The van der Waals surface area contributed by atoms with Crippen LogP contribution in [0.5, 0.6) is 5.75 Å². The SMILES string of the molecule is COCCOc1ccccc1CNC(=O)N1CCC(C(=O)O)CC1. The molecule has 1 aromatic rings. The largest absolute Gasteiger partial charge is 0.491 e. The van der Waals surface area contributed by atoms with Crippen molar-refractivity contribution in [3.05, 3.63) is 29.8 Å². The molecule has 0 spiro atoms. The van der Waals surface area contributed by atoms with E-state index in [0.717, 1.165) is 11.3 Å². The Bertz CT molecular complexity index is 556. The Morgan fingerprint density at radius 3 is 2.62 bits per heavy atom. The molecular weight excluding hydrogens is 312 g/mol. The highest BCUT2D eigenvalue weighted by Gasteiger charge is 2.26. The summed E-state index contributed by atoms with van der Waals surface area (Å²) >= 11 is 0. The Morgan fingerprint density at radius 2 is 1.96 bits per heavy atom. The minimum absolute atomic E-state index is 0.175. The van der Waals surface area contributed by atoms with Gasteiger partial charge < -0.3 is 24.8 Å². The number of nitrogens with one attached hydrogen (secondary N) is 1. The molecule has 7 nitrogen and oxygen atoms in total. The first-order valence-corrected chi connectivity index (χ1v) is 8.07. The molecule has 0 aromatic heterocycles. The van der Waals surface area contributed by atoms with Crippen LogP contribution in [0.15, 0.2) is 24.3 Å². The number of carboxylic acids is 1. The van der Waals surface area contributed by atoms with Gasteiger partial charge in [0.05, 0.1) is 12.5 Å². The Hall–Kier alpha value is -2.28. The van der Waals surface area contributed by atoms with Gasteiger partial charge in [0, 0.05) is 32.3 Å². The summed E-state index contributed by atoms with van der Waals surface area (Å²) in [5, 5.41) is 11.9. The Balaban J connectivity index is 1.83. The number of carbonyl (C=O) groups excluding carboxylic acids is 1. The number of carbonyl (C=O) groups is 2. The van der Waals surface area contributed by atoms with Gasteiger partial charge in [0.15, 0.2) is 0 Å². The molecule has 0 bridgehead atoms. The summed E-state index contributed by atoms with van der Waals surface area (Å²) in [6, 6.07) is 7.35. The van der Waals surface area contributed by atoms with Crippen molar-refractivity contribution >= 4 is 12.0 Å². The first-order valence-electron chi connectivity index (χ1n) is 8.07. The predicted octanol–water partition coefficient (Wildman–Crippen LogP) is 1.72. The van der Waals surface area contributed by atoms with Crippen molar-refractivity contribution in [3.63, 3.8) is 0 Å². The number of hydrogen-bond donors (Lipinski definition) is 2. The van der Waals surface area contributed by atoms with Crippen LogP contribution in [0.4, 0.5) is 4.79 Å². The Morgan fingerprint density at radius 1 is 1.25 bits per heavy atom. The summed E-state index contributed by atoms with van der Waals surface area (Å²) < 4.78 is 10.6. The number of amides is 2. The number of urea groups is 1. The monoisotopic (exact) mass is 336 g/mol. The molecule has 1 fully saturated rings.